The van der Waals surface area contributed by atoms with Crippen molar-refractivity contribution in [2.45, 2.75) is 18.9 Å². The van der Waals surface area contributed by atoms with Gasteiger partial charge in [-0.15, -0.1) is 0 Å². The summed E-state index contributed by atoms with van der Waals surface area (Å²) < 4.78 is 5.03. The Labute approximate surface area is 84.7 Å². The topological polar surface area (TPSA) is 25.4 Å². The average Bonchev–Trinajstić information content (AvgIpc) is 2.65. The molecule has 2 heterocycles. The summed E-state index contributed by atoms with van der Waals surface area (Å²) in [7, 11) is 3.81. The van der Waals surface area contributed by atoms with Crippen molar-refractivity contribution in [2.75, 3.05) is 20.7 Å². The lowest BCUT2D eigenvalue weighted by Gasteiger charge is -2.19. The first kappa shape index (κ1) is 9.46. The zero-order valence-electron chi connectivity index (χ0n) is 8.73. The molecule has 0 spiro atoms. The van der Waals surface area contributed by atoms with Crippen molar-refractivity contribution in [3.8, 4) is 5.88 Å². The number of ether oxygens (including phenoxy) is 1. The van der Waals surface area contributed by atoms with Gasteiger partial charge in [-0.1, -0.05) is 6.07 Å². The van der Waals surface area contributed by atoms with Crippen LogP contribution in [-0.4, -0.2) is 30.6 Å². The normalized spacial score (nSPS) is 22.6. The Morgan fingerprint density at radius 2 is 2.36 bits per heavy atom. The van der Waals surface area contributed by atoms with E-state index in [4.69, 9.17) is 4.74 Å². The number of hydrogen-bond acceptors (Lipinski definition) is 3. The molecular weight excluding hydrogens is 176 g/mol. The highest BCUT2D eigenvalue weighted by atomic mass is 16.5. The lowest BCUT2D eigenvalue weighted by molar-refractivity contribution is 0.316. The Balaban J connectivity index is 2.16. The number of pyridine rings is 1. The molecule has 1 fully saturated rings. The molecule has 0 aliphatic carbocycles. The van der Waals surface area contributed by atoms with E-state index >= 15 is 0 Å². The molecule has 3 heteroatoms. The van der Waals surface area contributed by atoms with Crippen LogP contribution in [0, 0.1) is 0 Å². The van der Waals surface area contributed by atoms with Crippen LogP contribution in [0.5, 0.6) is 5.88 Å². The van der Waals surface area contributed by atoms with Crippen LogP contribution in [-0.2, 0) is 0 Å². The maximum absolute atomic E-state index is 5.03. The molecule has 2 rings (SSSR count). The number of methoxy groups -OCH3 is 1. The highest BCUT2D eigenvalue weighted by molar-refractivity contribution is 5.21. The molecule has 0 unspecified atom stereocenters. The maximum atomic E-state index is 5.03. The molecule has 0 N–H and O–H groups in total. The summed E-state index contributed by atoms with van der Waals surface area (Å²) in [5.74, 6) is 0.689. The van der Waals surface area contributed by atoms with Gasteiger partial charge in [0.15, 0.2) is 0 Å². The van der Waals surface area contributed by atoms with Gasteiger partial charge < -0.3 is 4.74 Å². The van der Waals surface area contributed by atoms with Crippen molar-refractivity contribution in [1.29, 1.82) is 0 Å². The average molecular weight is 192 g/mol. The molecule has 0 saturated carbocycles. The second-order valence-corrected chi connectivity index (χ2v) is 3.77. The molecule has 1 aliphatic rings. The van der Waals surface area contributed by atoms with Gasteiger partial charge in [-0.05, 0) is 32.0 Å². The van der Waals surface area contributed by atoms with E-state index in [0.29, 0.717) is 11.9 Å². The minimum Gasteiger partial charge on any atom is -0.481 e. The smallest absolute Gasteiger partial charge is 0.212 e. The number of likely N-dealkylation sites (tertiary alicyclic amines) is 1. The summed E-state index contributed by atoms with van der Waals surface area (Å²) in [6.07, 6.45) is 4.45. The molecule has 3 nitrogen and oxygen atoms in total. The Morgan fingerprint density at radius 3 is 2.86 bits per heavy atom. The van der Waals surface area contributed by atoms with E-state index in [-0.39, 0.29) is 0 Å². The molecule has 14 heavy (non-hydrogen) atoms. The molecule has 0 radical (unpaired) electrons. The van der Waals surface area contributed by atoms with Gasteiger partial charge in [0.05, 0.1) is 7.11 Å². The van der Waals surface area contributed by atoms with E-state index in [0.717, 1.165) is 0 Å². The molecule has 0 aromatic carbocycles. The lowest BCUT2D eigenvalue weighted by Crippen LogP contribution is -2.17. The van der Waals surface area contributed by atoms with E-state index in [1.54, 1.807) is 7.11 Å². The molecule has 76 valence electrons. The minimum atomic E-state index is 0.549. The summed E-state index contributed by atoms with van der Waals surface area (Å²) in [6, 6.07) is 4.59. The molecule has 1 aromatic heterocycles. The van der Waals surface area contributed by atoms with Crippen LogP contribution in [0.2, 0.25) is 0 Å². The quantitative estimate of drug-likeness (QED) is 0.715. The maximum Gasteiger partial charge on any atom is 0.212 e. The van der Waals surface area contributed by atoms with Gasteiger partial charge in [-0.2, -0.15) is 0 Å². The van der Waals surface area contributed by atoms with Gasteiger partial charge in [0.2, 0.25) is 5.88 Å². The van der Waals surface area contributed by atoms with Gasteiger partial charge in [-0.3, -0.25) is 4.90 Å². The van der Waals surface area contributed by atoms with Gasteiger partial charge in [0.1, 0.15) is 0 Å². The van der Waals surface area contributed by atoms with E-state index in [1.165, 1.54) is 24.9 Å². The van der Waals surface area contributed by atoms with Crippen molar-refractivity contribution in [2.24, 2.45) is 0 Å². The first-order valence-corrected chi connectivity index (χ1v) is 5.01. The molecule has 0 amide bonds. The number of nitrogens with zero attached hydrogens (tertiary/aromatic N) is 2. The van der Waals surface area contributed by atoms with E-state index in [2.05, 4.69) is 23.0 Å². The first-order chi connectivity index (χ1) is 6.81. The van der Waals surface area contributed by atoms with E-state index < -0.39 is 0 Å². The SMILES string of the molecule is COc1ccc([C@H]2CCCN2C)cn1. The third-order valence-electron chi connectivity index (χ3n) is 2.87. The van der Waals surface area contributed by atoms with Crippen LogP contribution in [0.3, 0.4) is 0 Å². The van der Waals surface area contributed by atoms with Gasteiger partial charge in [0, 0.05) is 18.3 Å². The third-order valence-corrected chi connectivity index (χ3v) is 2.87. The second kappa shape index (κ2) is 3.96. The predicted molar refractivity (Wildman–Crippen MR) is 55.4 cm³/mol. The monoisotopic (exact) mass is 192 g/mol. The standard InChI is InChI=1S/C11H16N2O/c1-13-7-3-4-10(13)9-5-6-11(14-2)12-8-9/h5-6,8,10H,3-4,7H2,1-2H3/t10-/m1/s1. The molecule has 0 bridgehead atoms. The van der Waals surface area contributed by atoms with Crippen molar-refractivity contribution < 1.29 is 4.74 Å². The highest BCUT2D eigenvalue weighted by Crippen LogP contribution is 2.30. The van der Waals surface area contributed by atoms with Crippen molar-refractivity contribution in [1.82, 2.24) is 9.88 Å². The summed E-state index contributed by atoms with van der Waals surface area (Å²) in [5, 5.41) is 0. The molecule has 1 saturated heterocycles. The van der Waals surface area contributed by atoms with Gasteiger partial charge >= 0.3 is 0 Å². The fraction of sp³-hybridized carbons (Fsp3) is 0.545. The Bertz CT molecular complexity index is 297. The first-order valence-electron chi connectivity index (χ1n) is 5.01. The number of aromatic nitrogens is 1. The van der Waals surface area contributed by atoms with Crippen LogP contribution in [0.25, 0.3) is 0 Å². The molecule has 1 aromatic rings. The molecule has 1 atom stereocenters. The Morgan fingerprint density at radius 1 is 1.50 bits per heavy atom. The summed E-state index contributed by atoms with van der Waals surface area (Å²) in [5.41, 5.74) is 1.30. The molecular formula is C11H16N2O. The van der Waals surface area contributed by atoms with Crippen LogP contribution in [0.4, 0.5) is 0 Å². The summed E-state index contributed by atoms with van der Waals surface area (Å²) >= 11 is 0. The van der Waals surface area contributed by atoms with Crippen LogP contribution < -0.4 is 4.74 Å². The fourth-order valence-electron chi connectivity index (χ4n) is 2.04. The van der Waals surface area contributed by atoms with Crippen molar-refractivity contribution in [3.63, 3.8) is 0 Å². The van der Waals surface area contributed by atoms with E-state index in [1.807, 2.05) is 12.3 Å². The zero-order chi connectivity index (χ0) is 9.97. The fourth-order valence-corrected chi connectivity index (χ4v) is 2.04. The van der Waals surface area contributed by atoms with Crippen LogP contribution >= 0.6 is 0 Å². The number of hydrogen-bond donors (Lipinski definition) is 0. The lowest BCUT2D eigenvalue weighted by atomic mass is 10.1. The Kier molecular flexibility index (Phi) is 2.68. The molecule has 1 aliphatic heterocycles. The highest BCUT2D eigenvalue weighted by Gasteiger charge is 2.22. The zero-order valence-corrected chi connectivity index (χ0v) is 8.73. The third kappa shape index (κ3) is 1.73. The van der Waals surface area contributed by atoms with Crippen LogP contribution in [0.15, 0.2) is 18.3 Å². The van der Waals surface area contributed by atoms with E-state index in [9.17, 15) is 0 Å². The van der Waals surface area contributed by atoms with Crippen molar-refractivity contribution in [3.05, 3.63) is 23.9 Å². The Hall–Kier alpha value is -1.09. The minimum absolute atomic E-state index is 0.549. The predicted octanol–water partition coefficient (Wildman–Crippen LogP) is 1.86. The van der Waals surface area contributed by atoms with Crippen LogP contribution in [0.1, 0.15) is 24.4 Å². The summed E-state index contributed by atoms with van der Waals surface area (Å²) in [6.45, 7) is 1.19. The van der Waals surface area contributed by atoms with Gasteiger partial charge in [-0.25, -0.2) is 4.98 Å². The second-order valence-electron chi connectivity index (χ2n) is 3.77. The summed E-state index contributed by atoms with van der Waals surface area (Å²) in [4.78, 5) is 6.61. The van der Waals surface area contributed by atoms with Gasteiger partial charge in [0.25, 0.3) is 0 Å². The van der Waals surface area contributed by atoms with Crippen molar-refractivity contribution >= 4 is 0 Å². The number of rotatable bonds is 2. The largest absolute Gasteiger partial charge is 0.481 e.